The summed E-state index contributed by atoms with van der Waals surface area (Å²) in [6, 6.07) is -8.78. The molecule has 720 valence electrons. The first-order valence-electron chi connectivity index (χ1n) is 41.8. The summed E-state index contributed by atoms with van der Waals surface area (Å²) in [5.41, 5.74) is 92.3. The molecule has 0 spiro atoms. The predicted molar refractivity (Wildman–Crippen MR) is 436 cm³/mol. The van der Waals surface area contributed by atoms with Gasteiger partial charge in [-0.25, -0.2) is 0 Å². The number of nitrogens with zero attached hydrogens (tertiary/aromatic N) is 30. The summed E-state index contributed by atoms with van der Waals surface area (Å²) in [5, 5.41) is 55.7. The van der Waals surface area contributed by atoms with Gasteiger partial charge in [0.1, 0.15) is 60.9 Å². The maximum absolute atomic E-state index is 12.9. The molecule has 10 aliphatic rings. The Labute approximate surface area is 749 Å². The Morgan fingerprint density at radius 2 is 0.614 bits per heavy atom. The van der Waals surface area contributed by atoms with Gasteiger partial charge in [0.15, 0.2) is 74.0 Å². The van der Waals surface area contributed by atoms with Crippen LogP contribution < -0.4 is 0 Å². The average Bonchev–Trinajstić information content (AvgIpc) is 1.83. The van der Waals surface area contributed by atoms with Gasteiger partial charge in [0.25, 0.3) is 0 Å². The lowest BCUT2D eigenvalue weighted by Gasteiger charge is -2.47. The van der Waals surface area contributed by atoms with Gasteiger partial charge in [0, 0.05) is 111 Å². The van der Waals surface area contributed by atoms with Crippen LogP contribution in [-0.4, -0.2) is 280 Å². The normalized spacial score (nSPS) is 36.3. The first-order chi connectivity index (χ1) is 62.9. The molecule has 10 rings (SSSR count). The summed E-state index contributed by atoms with van der Waals surface area (Å²) in [7, 11) is 0. The quantitative estimate of drug-likeness (QED) is 0.0113. The highest BCUT2D eigenvalue weighted by molar-refractivity contribution is 5.70. The van der Waals surface area contributed by atoms with Gasteiger partial charge in [0.2, 0.25) is 6.29 Å². The molecule has 6 heterocycles. The van der Waals surface area contributed by atoms with Crippen molar-refractivity contribution in [1.82, 2.24) is 0 Å². The third-order valence-corrected chi connectivity index (χ3v) is 23.1. The summed E-state index contributed by atoms with van der Waals surface area (Å²) in [4.78, 5) is 126. The molecule has 0 bridgehead atoms. The van der Waals surface area contributed by atoms with Crippen molar-refractivity contribution in [2.24, 2.45) is 62.0 Å². The van der Waals surface area contributed by atoms with E-state index < -0.39 is 250 Å². The van der Waals surface area contributed by atoms with Crippen molar-refractivity contribution < 1.29 is 138 Å². The van der Waals surface area contributed by atoms with Crippen molar-refractivity contribution in [1.29, 1.82) is 5.41 Å². The van der Waals surface area contributed by atoms with Gasteiger partial charge < -0.3 is 99.8 Å². The van der Waals surface area contributed by atoms with E-state index in [-0.39, 0.29) is 54.7 Å². The van der Waals surface area contributed by atoms with Crippen LogP contribution in [0.2, 0.25) is 0 Å². The first-order valence-corrected chi connectivity index (χ1v) is 41.8. The summed E-state index contributed by atoms with van der Waals surface area (Å²) >= 11 is 0. The number of carbonyl (C=O) groups excluding carboxylic acids is 8. The van der Waals surface area contributed by atoms with Gasteiger partial charge in [-0.3, -0.25) is 43.8 Å². The zero-order chi connectivity index (χ0) is 97.0. The molecule has 34 atom stereocenters. The Balaban J connectivity index is 0.000000267. The van der Waals surface area contributed by atoms with Crippen molar-refractivity contribution in [2.45, 2.75) is 375 Å². The van der Waals surface area contributed by atoms with E-state index >= 15 is 0 Å². The molecular formula is C72H103N31O29. The third kappa shape index (κ3) is 28.0. The standard InChI is InChI=1S/C35H49N15O14.C20H29N7O10.C17H25N9O5/c1-7-21-27(63-33-24(45-50-40)29(57-16(4)53)28(56-15(3)52)22(60-33)13-41-46-36)31(58-17(5)54)34(59-21)64-30-25(55-14(2)51)19(43-48-38)12-20(44-49-39)26(30)62-32-18(42-47-37)8-9-23(61-32)35(6)10-11-35;1-6-12-15(18(34-11(5)30)20(35-12)31-8(2)21)37-19-14(25-27-23)17(33-10(4)29)16(32-9(3)28)13(36-19)7-24-26-22;1-8(27)29-14-10(22-25-19)7-11(23-26-20)15(13(14)28)31-16-9(21-24-18)3-4-12(30-16)17(2)5-6-17/h18-34H,7-13H2,1-6H3;12-21H,6-7H2,1-5H3;9-16,28H,3-7H2,1-2H3/t18-,19-,20+,21-,22+,23+,24-,25+,26-,27-,28-,29-,30-,31-,32-,33-,34+;12-,13+,14-,15-,16-,17-,18-,19-,20?;9-,10-,11+,12+,13-,14+,15-,16-/m111/s1. The van der Waals surface area contributed by atoms with E-state index in [0.717, 1.165) is 74.1 Å². The molecular weight excluding hydrogens is 1760 g/mol. The Morgan fingerprint density at radius 1 is 0.318 bits per heavy atom. The molecule has 1 unspecified atom stereocenters. The van der Waals surface area contributed by atoms with E-state index in [0.29, 0.717) is 32.1 Å². The fourth-order valence-corrected chi connectivity index (χ4v) is 16.8. The molecule has 0 aromatic carbocycles. The van der Waals surface area contributed by atoms with Gasteiger partial charge in [-0.15, -0.1) is 0 Å². The van der Waals surface area contributed by atoms with E-state index in [1.165, 1.54) is 13.8 Å². The van der Waals surface area contributed by atoms with Crippen LogP contribution in [0.3, 0.4) is 0 Å². The van der Waals surface area contributed by atoms with Gasteiger partial charge >= 0.3 is 47.8 Å². The highest BCUT2D eigenvalue weighted by atomic mass is 16.8. The average molecular weight is 1870 g/mol. The molecule has 4 aliphatic carbocycles. The number of aliphatic hydroxyl groups excluding tert-OH is 1. The highest BCUT2D eigenvalue weighted by Gasteiger charge is 2.61. The Kier molecular flexibility index (Phi) is 39.4. The van der Waals surface area contributed by atoms with Gasteiger partial charge in [0.05, 0.1) is 86.0 Å². The minimum atomic E-state index is -1.70. The van der Waals surface area contributed by atoms with Crippen LogP contribution in [0.15, 0.2) is 51.1 Å². The second-order valence-corrected chi connectivity index (χ2v) is 32.5. The minimum Gasteiger partial charge on any atom is -0.459 e. The zero-order valence-corrected chi connectivity index (χ0v) is 73.8. The number of azide groups is 10. The fourth-order valence-electron chi connectivity index (χ4n) is 16.8. The fraction of sp³-hybridized carbons (Fsp3) is 0.875. The van der Waals surface area contributed by atoms with Crippen molar-refractivity contribution in [3.63, 3.8) is 0 Å². The lowest BCUT2D eigenvalue weighted by molar-refractivity contribution is -0.295. The van der Waals surface area contributed by atoms with Crippen molar-refractivity contribution >= 4 is 53.7 Å². The van der Waals surface area contributed by atoms with Crippen LogP contribution in [0.1, 0.15) is 167 Å². The molecule has 2 N–H and O–H groups in total. The first kappa shape index (κ1) is 105. The molecule has 10 fully saturated rings. The largest absolute Gasteiger partial charge is 0.459 e. The minimum absolute atomic E-state index is 0.00611. The molecule has 60 heteroatoms. The molecule has 6 aliphatic heterocycles. The number of rotatable bonds is 35. The van der Waals surface area contributed by atoms with Crippen molar-refractivity contribution in [3.8, 4) is 0 Å². The second-order valence-electron chi connectivity index (χ2n) is 32.5. The molecule has 6 saturated heterocycles. The summed E-state index contributed by atoms with van der Waals surface area (Å²) in [6.07, 6.45) is -25.8. The number of aliphatic hydroxyl groups is 1. The Morgan fingerprint density at radius 3 is 0.970 bits per heavy atom. The number of hydrogen-bond acceptors (Lipinski definition) is 40. The topological polar surface area (TPSA) is 853 Å². The molecule has 0 amide bonds. The Bertz CT molecular complexity index is 4630. The number of hydrogen-bond donors (Lipinski definition) is 2. The number of ether oxygens (including phenoxy) is 20. The van der Waals surface area contributed by atoms with Crippen LogP contribution in [0.5, 0.6) is 0 Å². The molecule has 60 nitrogen and oxygen atoms in total. The zero-order valence-electron chi connectivity index (χ0n) is 73.8. The second kappa shape index (κ2) is 49.4. The SMILES string of the molecule is CC(=O)O[C@@H]1[C@@H](O)[C@H](O[C@H]2O[C@H](C3(C)CC3)CC[C@H]2N=[N+]=[N-])[C@@H](N=[N+]=[N-])C[C@H]1N=[N+]=[N-].CC[C@H]1OC(OC(C)=N)[C@H](OC(C)=O)[C@@H]1O[C@H]1O[C@@H](CN=[N+]=[N-])[C@@H](OC(C)=O)[C@H](OC(C)=O)[C@H]1N=[N+]=[N-].CC[C@H]1O[C@@H](O[C@@H]2[C@@H](OC(C)=O)[C@H](N=[N+]=[N-])C[C@H](N=[N+]=[N-])[C@H]2O[C@H]2O[C@H](C3(C)CC3)CC[C@H]2N=[N+]=[N-])[C@H](OC(C)=O)[C@@H]1O[C@H]1O[C@@H](CN=[N+]=[N-])[C@@H](OC(C)=O)[C@H](OC(C)=O)[C@H]1N=[N+]=[N-]. The lowest BCUT2D eigenvalue weighted by atomic mass is 9.83. The van der Waals surface area contributed by atoms with Crippen LogP contribution in [0.25, 0.3) is 104 Å². The molecule has 4 saturated carbocycles. The number of esters is 8. The Hall–Kier alpha value is -12.1. The van der Waals surface area contributed by atoms with E-state index in [1.807, 2.05) is 0 Å². The van der Waals surface area contributed by atoms with Gasteiger partial charge in [-0.1, -0.05) is 78.8 Å². The van der Waals surface area contributed by atoms with E-state index in [4.69, 9.17) is 128 Å². The van der Waals surface area contributed by atoms with E-state index in [9.17, 15) is 71.1 Å². The smallest absolute Gasteiger partial charge is 0.303 e. The maximum Gasteiger partial charge on any atom is 0.303 e. The van der Waals surface area contributed by atoms with E-state index in [1.54, 1.807) is 13.8 Å². The molecule has 0 radical (unpaired) electrons. The van der Waals surface area contributed by atoms with Crippen molar-refractivity contribution in [2.75, 3.05) is 13.1 Å². The molecule has 132 heavy (non-hydrogen) atoms. The van der Waals surface area contributed by atoms with E-state index in [2.05, 4.69) is 114 Å². The summed E-state index contributed by atoms with van der Waals surface area (Å²) in [6.45, 7) is 17.0. The number of nitrogens with one attached hydrogen (secondary N) is 1. The monoisotopic (exact) mass is 1870 g/mol. The predicted octanol–water partition coefficient (Wildman–Crippen LogP) is 10.9. The van der Waals surface area contributed by atoms with Gasteiger partial charge in [-0.2, -0.15) is 0 Å². The number of carbonyl (C=O) groups is 8. The summed E-state index contributed by atoms with van der Waals surface area (Å²) < 4.78 is 117. The third-order valence-electron chi connectivity index (χ3n) is 23.1. The van der Waals surface area contributed by atoms with Crippen LogP contribution in [0.4, 0.5) is 0 Å². The molecule has 0 aromatic heterocycles. The summed E-state index contributed by atoms with van der Waals surface area (Å²) in [5.74, 6) is -6.52. The highest BCUT2D eigenvalue weighted by Crippen LogP contribution is 2.55. The van der Waals surface area contributed by atoms with Crippen molar-refractivity contribution in [3.05, 3.63) is 104 Å². The van der Waals surface area contributed by atoms with Gasteiger partial charge in [-0.05, 0) is 143 Å². The lowest BCUT2D eigenvalue weighted by Crippen LogP contribution is -2.62. The van der Waals surface area contributed by atoms with Crippen LogP contribution >= 0.6 is 0 Å². The molecule has 0 aromatic rings. The van der Waals surface area contributed by atoms with Crippen LogP contribution in [0, 0.1) is 16.2 Å². The maximum atomic E-state index is 12.9. The van der Waals surface area contributed by atoms with Crippen LogP contribution in [-0.2, 0) is 133 Å².